The number of carbonyl (C=O) groups excluding carboxylic acids is 2. The monoisotopic (exact) mass is 389 g/mol. The Hall–Kier alpha value is -3.23. The van der Waals surface area contributed by atoms with E-state index in [-0.39, 0.29) is 24.5 Å². The van der Waals surface area contributed by atoms with Crippen LogP contribution in [0.3, 0.4) is 0 Å². The lowest BCUT2D eigenvalue weighted by Crippen LogP contribution is -2.43. The van der Waals surface area contributed by atoms with Gasteiger partial charge in [-0.05, 0) is 12.1 Å². The van der Waals surface area contributed by atoms with Crippen LogP contribution in [0.15, 0.2) is 18.5 Å². The average molecular weight is 389 g/mol. The highest BCUT2D eigenvalue weighted by Gasteiger charge is 2.59. The number of fused-ring (bicyclic) bond motifs is 1. The maximum atomic E-state index is 11.5. The Morgan fingerprint density at radius 3 is 2.89 bits per heavy atom. The first-order valence-corrected chi connectivity index (χ1v) is 8.52. The molecule has 2 aromatic heterocycles. The number of aromatic nitrogens is 3. The van der Waals surface area contributed by atoms with E-state index in [1.165, 1.54) is 16.9 Å². The fourth-order valence-corrected chi connectivity index (χ4v) is 3.14. The van der Waals surface area contributed by atoms with E-state index >= 15 is 0 Å². The summed E-state index contributed by atoms with van der Waals surface area (Å²) in [5.41, 5.74) is 4.47. The molecule has 0 radical (unpaired) electrons. The van der Waals surface area contributed by atoms with Crippen LogP contribution >= 0.6 is 0 Å². The Morgan fingerprint density at radius 2 is 2.25 bits per heavy atom. The number of esters is 2. The van der Waals surface area contributed by atoms with Gasteiger partial charge in [-0.3, -0.25) is 9.59 Å². The summed E-state index contributed by atoms with van der Waals surface area (Å²) in [6.07, 6.45) is -2.52. The van der Waals surface area contributed by atoms with Crippen molar-refractivity contribution < 1.29 is 28.9 Å². The largest absolute Gasteiger partial charge is 0.463 e. The zero-order valence-corrected chi connectivity index (χ0v) is 15.2. The van der Waals surface area contributed by atoms with E-state index in [1.54, 1.807) is 13.0 Å². The van der Waals surface area contributed by atoms with Crippen LogP contribution in [0.1, 0.15) is 26.0 Å². The molecule has 1 aliphatic rings. The Labute approximate surface area is 159 Å². The summed E-state index contributed by atoms with van der Waals surface area (Å²) in [5.74, 6) is -1.01. The van der Waals surface area contributed by atoms with Crippen molar-refractivity contribution in [1.29, 1.82) is 5.26 Å². The third-order valence-corrected chi connectivity index (χ3v) is 4.46. The Balaban J connectivity index is 2.04. The quantitative estimate of drug-likeness (QED) is 0.648. The lowest BCUT2D eigenvalue weighted by molar-refractivity contribution is -0.158. The lowest BCUT2D eigenvalue weighted by atomic mass is 9.92. The molecule has 28 heavy (non-hydrogen) atoms. The minimum absolute atomic E-state index is 0.135. The Morgan fingerprint density at radius 1 is 1.50 bits per heavy atom. The van der Waals surface area contributed by atoms with Crippen molar-refractivity contribution in [2.45, 2.75) is 44.2 Å². The van der Waals surface area contributed by atoms with Crippen molar-refractivity contribution in [3.05, 3.63) is 24.2 Å². The molecule has 3 heterocycles. The zero-order valence-electron chi connectivity index (χ0n) is 15.2. The van der Waals surface area contributed by atoms with Crippen molar-refractivity contribution in [3.63, 3.8) is 0 Å². The summed E-state index contributed by atoms with van der Waals surface area (Å²) in [6, 6.07) is 5.04. The van der Waals surface area contributed by atoms with E-state index in [9.17, 15) is 20.0 Å². The first kappa shape index (κ1) is 19.5. The summed E-state index contributed by atoms with van der Waals surface area (Å²) in [6.45, 7) is 2.48. The van der Waals surface area contributed by atoms with Gasteiger partial charge in [-0.15, -0.1) is 0 Å². The zero-order chi connectivity index (χ0) is 20.5. The first-order valence-electron chi connectivity index (χ1n) is 8.52. The number of ether oxygens (including phenoxy) is 3. The van der Waals surface area contributed by atoms with Crippen LogP contribution in [0.4, 0.5) is 5.82 Å². The van der Waals surface area contributed by atoms with Gasteiger partial charge in [0.2, 0.25) is 5.60 Å². The predicted octanol–water partition coefficient (Wildman–Crippen LogP) is -0.325. The molecule has 3 rings (SSSR count). The molecule has 1 fully saturated rings. The van der Waals surface area contributed by atoms with Crippen LogP contribution < -0.4 is 5.73 Å². The molecule has 0 amide bonds. The van der Waals surface area contributed by atoms with E-state index in [0.29, 0.717) is 5.52 Å². The number of hydrogen-bond acceptors (Lipinski definition) is 10. The molecule has 11 nitrogen and oxygen atoms in total. The van der Waals surface area contributed by atoms with E-state index < -0.39 is 35.9 Å². The molecule has 4 atom stereocenters. The normalized spacial score (nSPS) is 26.7. The van der Waals surface area contributed by atoms with Crippen molar-refractivity contribution in [2.24, 2.45) is 0 Å². The van der Waals surface area contributed by atoms with Crippen LogP contribution in [0.5, 0.6) is 0 Å². The molecular weight excluding hydrogens is 370 g/mol. The van der Waals surface area contributed by atoms with Crippen LogP contribution in [0.25, 0.3) is 5.52 Å². The van der Waals surface area contributed by atoms with Crippen LogP contribution in [0, 0.1) is 11.3 Å². The summed E-state index contributed by atoms with van der Waals surface area (Å²) in [7, 11) is 0. The molecule has 0 aliphatic carbocycles. The molecule has 1 saturated heterocycles. The molecule has 0 aromatic carbocycles. The second-order valence-corrected chi connectivity index (χ2v) is 6.22. The van der Waals surface area contributed by atoms with Gasteiger partial charge in [-0.1, -0.05) is 6.92 Å². The van der Waals surface area contributed by atoms with Crippen molar-refractivity contribution in [3.8, 4) is 6.07 Å². The number of rotatable bonds is 5. The fraction of sp³-hybridized carbons (Fsp3) is 0.471. The number of nitrogens with two attached hydrogens (primary N) is 1. The van der Waals surface area contributed by atoms with Gasteiger partial charge in [0.1, 0.15) is 36.7 Å². The van der Waals surface area contributed by atoms with E-state index in [4.69, 9.17) is 19.9 Å². The highest BCUT2D eigenvalue weighted by molar-refractivity contribution is 5.69. The minimum atomic E-state index is -1.93. The predicted molar refractivity (Wildman–Crippen MR) is 92.4 cm³/mol. The number of nitrogens with zero attached hydrogens (tertiary/aromatic N) is 4. The standard InChI is InChI=1S/C17H19N5O6/c1-3-13(24)26-6-11-14(27-9(2)23)15(25)17(7-18,28-11)12-5-4-10-16(19)20-8-21-22(10)12/h4-5,8,11,14-15,25H,3,6H2,1-2H3,(H2,19,20,21)/t11-,14-,15-,17+/m1/s1. The van der Waals surface area contributed by atoms with Gasteiger partial charge in [0.15, 0.2) is 11.9 Å². The van der Waals surface area contributed by atoms with Crippen molar-refractivity contribution >= 4 is 23.3 Å². The summed E-state index contributed by atoms with van der Waals surface area (Å²) in [5, 5.41) is 24.9. The highest BCUT2D eigenvalue weighted by Crippen LogP contribution is 2.41. The molecule has 0 spiro atoms. The first-order chi connectivity index (χ1) is 13.3. The molecule has 2 aromatic rings. The summed E-state index contributed by atoms with van der Waals surface area (Å²) < 4.78 is 17.4. The van der Waals surface area contributed by atoms with Gasteiger partial charge in [-0.2, -0.15) is 10.4 Å². The smallest absolute Gasteiger partial charge is 0.305 e. The third-order valence-electron chi connectivity index (χ3n) is 4.46. The van der Waals surface area contributed by atoms with Crippen molar-refractivity contribution in [1.82, 2.24) is 14.6 Å². The summed E-state index contributed by atoms with van der Waals surface area (Å²) in [4.78, 5) is 26.9. The van der Waals surface area contributed by atoms with Gasteiger partial charge in [-0.25, -0.2) is 9.50 Å². The van der Waals surface area contributed by atoms with Gasteiger partial charge >= 0.3 is 11.9 Å². The van der Waals surface area contributed by atoms with E-state index in [1.807, 2.05) is 6.07 Å². The topological polar surface area (TPSA) is 162 Å². The second kappa shape index (κ2) is 7.41. The molecule has 0 bridgehead atoms. The van der Waals surface area contributed by atoms with E-state index in [2.05, 4.69) is 10.1 Å². The Kier molecular flexibility index (Phi) is 5.17. The number of aliphatic hydroxyl groups excluding tert-OH is 1. The molecule has 0 saturated carbocycles. The number of aliphatic hydroxyl groups is 1. The second-order valence-electron chi connectivity index (χ2n) is 6.22. The maximum Gasteiger partial charge on any atom is 0.305 e. The number of anilines is 1. The number of carbonyl (C=O) groups is 2. The fourth-order valence-electron chi connectivity index (χ4n) is 3.14. The molecule has 3 N–H and O–H groups in total. The number of hydrogen-bond donors (Lipinski definition) is 2. The highest BCUT2D eigenvalue weighted by atomic mass is 16.6. The van der Waals surface area contributed by atoms with Crippen LogP contribution in [0.2, 0.25) is 0 Å². The molecular formula is C17H19N5O6. The molecule has 0 unspecified atom stereocenters. The Bertz CT molecular complexity index is 953. The third kappa shape index (κ3) is 3.12. The average Bonchev–Trinajstić information content (AvgIpc) is 3.21. The van der Waals surface area contributed by atoms with Crippen LogP contribution in [-0.4, -0.2) is 56.6 Å². The summed E-state index contributed by atoms with van der Waals surface area (Å²) >= 11 is 0. The van der Waals surface area contributed by atoms with Gasteiger partial charge < -0.3 is 25.1 Å². The van der Waals surface area contributed by atoms with Crippen LogP contribution in [-0.2, 0) is 29.4 Å². The maximum absolute atomic E-state index is 11.5. The van der Waals surface area contributed by atoms with E-state index in [0.717, 1.165) is 6.92 Å². The SMILES string of the molecule is CCC(=O)OC[C@H]1O[C@@](C#N)(c2ccc3c(N)ncnn23)[C@H](O)[C@@H]1OC(C)=O. The van der Waals surface area contributed by atoms with Gasteiger partial charge in [0.25, 0.3) is 0 Å². The van der Waals surface area contributed by atoms with Crippen molar-refractivity contribution in [2.75, 3.05) is 12.3 Å². The molecule has 148 valence electrons. The number of nitriles is 1. The number of nitrogen functional groups attached to an aromatic ring is 1. The van der Waals surface area contributed by atoms with Gasteiger partial charge in [0, 0.05) is 13.3 Å². The molecule has 1 aliphatic heterocycles. The minimum Gasteiger partial charge on any atom is -0.463 e. The van der Waals surface area contributed by atoms with Gasteiger partial charge in [0.05, 0.1) is 5.69 Å². The lowest BCUT2D eigenvalue weighted by Gasteiger charge is -2.24. The molecule has 11 heteroatoms.